The number of aromatic nitrogens is 1. The molecule has 9 heteroatoms. The molecule has 1 N–H and O–H groups in total. The predicted octanol–water partition coefficient (Wildman–Crippen LogP) is 1.62. The van der Waals surface area contributed by atoms with Gasteiger partial charge in [0.2, 0.25) is 11.8 Å². The summed E-state index contributed by atoms with van der Waals surface area (Å²) in [5, 5.41) is 1.13. The minimum atomic E-state index is -0.539. The molecule has 1 saturated heterocycles. The van der Waals surface area contributed by atoms with Gasteiger partial charge in [0, 0.05) is 15.5 Å². The van der Waals surface area contributed by atoms with Crippen molar-refractivity contribution in [3.05, 3.63) is 14.5 Å². The summed E-state index contributed by atoms with van der Waals surface area (Å²) in [5.41, 5.74) is -0.225. The summed E-state index contributed by atoms with van der Waals surface area (Å²) < 4.78 is 4.94. The van der Waals surface area contributed by atoms with Crippen molar-refractivity contribution in [1.82, 2.24) is 9.88 Å². The minimum absolute atomic E-state index is 0.0501. The zero-order valence-electron chi connectivity index (χ0n) is 15.9. The van der Waals surface area contributed by atoms with Crippen LogP contribution in [0.5, 0.6) is 0 Å². The number of hydrogen-bond acceptors (Lipinski definition) is 7. The number of carbonyl (C=O) groups excluding carboxylic acids is 3. The number of esters is 1. The van der Waals surface area contributed by atoms with Gasteiger partial charge in [0.05, 0.1) is 23.5 Å². The molecule has 5 rings (SSSR count). The highest BCUT2D eigenvalue weighted by molar-refractivity contribution is 8.00. The first-order chi connectivity index (χ1) is 13.3. The highest BCUT2D eigenvalue weighted by Gasteiger charge is 2.70. The molecule has 3 fully saturated rings. The number of H-pyrrole nitrogens is 1. The van der Waals surface area contributed by atoms with Crippen LogP contribution in [0.15, 0.2) is 9.82 Å². The van der Waals surface area contributed by atoms with Crippen molar-refractivity contribution in [3.63, 3.8) is 0 Å². The molecule has 6 atom stereocenters. The molecule has 4 aliphatic rings. The van der Waals surface area contributed by atoms with Gasteiger partial charge in [0.25, 0.3) is 0 Å². The van der Waals surface area contributed by atoms with E-state index in [1.807, 2.05) is 0 Å². The molecule has 1 aromatic rings. The first kappa shape index (κ1) is 18.4. The maximum Gasteiger partial charge on any atom is 0.326 e. The normalized spacial score (nSPS) is 37.0. The molecule has 0 unspecified atom stereocenters. The van der Waals surface area contributed by atoms with Gasteiger partial charge in [0.1, 0.15) is 6.54 Å². The topological polar surface area (TPSA) is 96.5 Å². The van der Waals surface area contributed by atoms with Crippen LogP contribution in [0.3, 0.4) is 0 Å². The lowest BCUT2D eigenvalue weighted by atomic mass is 9.64. The average molecular weight is 423 g/mol. The van der Waals surface area contributed by atoms with Gasteiger partial charge < -0.3 is 9.72 Å². The van der Waals surface area contributed by atoms with Crippen LogP contribution in [-0.4, -0.2) is 46.1 Å². The molecule has 2 saturated carbocycles. The highest BCUT2D eigenvalue weighted by Crippen LogP contribution is 2.68. The number of imide groups is 1. The van der Waals surface area contributed by atoms with Gasteiger partial charge in [-0.2, -0.15) is 0 Å². The van der Waals surface area contributed by atoms with Crippen molar-refractivity contribution in [3.8, 4) is 0 Å². The number of amides is 2. The second-order valence-electron chi connectivity index (χ2n) is 8.69. The van der Waals surface area contributed by atoms with E-state index in [0.29, 0.717) is 0 Å². The fraction of sp³-hybridized carbons (Fsp3) is 0.684. The van der Waals surface area contributed by atoms with Gasteiger partial charge in [-0.05, 0) is 31.1 Å². The van der Waals surface area contributed by atoms with E-state index in [4.69, 9.17) is 4.74 Å². The lowest BCUT2D eigenvalue weighted by molar-refractivity contribution is -0.153. The average Bonchev–Trinajstić information content (AvgIpc) is 3.33. The minimum Gasteiger partial charge on any atom is -0.465 e. The van der Waals surface area contributed by atoms with E-state index in [9.17, 15) is 19.2 Å². The first-order valence-corrected chi connectivity index (χ1v) is 11.4. The van der Waals surface area contributed by atoms with E-state index in [1.54, 1.807) is 18.7 Å². The van der Waals surface area contributed by atoms with Crippen LogP contribution in [-0.2, 0) is 24.5 Å². The third kappa shape index (κ3) is 2.23. The highest BCUT2D eigenvalue weighted by atomic mass is 32.2. The Morgan fingerprint density at radius 3 is 2.57 bits per heavy atom. The molecule has 28 heavy (non-hydrogen) atoms. The number of fused-ring (bicyclic) bond motifs is 9. The van der Waals surface area contributed by atoms with Crippen LogP contribution in [0.1, 0.15) is 32.1 Å². The van der Waals surface area contributed by atoms with Crippen molar-refractivity contribution in [2.75, 3.05) is 13.2 Å². The molecular formula is C19H22N2O5S2. The lowest BCUT2D eigenvalue weighted by Gasteiger charge is -2.47. The Labute approximate surface area is 170 Å². The Kier molecular flexibility index (Phi) is 3.91. The lowest BCUT2D eigenvalue weighted by Crippen LogP contribution is -2.48. The van der Waals surface area contributed by atoms with Crippen LogP contribution in [0.2, 0.25) is 0 Å². The van der Waals surface area contributed by atoms with Crippen molar-refractivity contribution in [1.29, 1.82) is 0 Å². The smallest absolute Gasteiger partial charge is 0.326 e. The van der Waals surface area contributed by atoms with Crippen molar-refractivity contribution < 1.29 is 19.1 Å². The Bertz CT molecular complexity index is 950. The van der Waals surface area contributed by atoms with Gasteiger partial charge in [0.15, 0.2) is 0 Å². The fourth-order valence-corrected chi connectivity index (χ4v) is 9.36. The van der Waals surface area contributed by atoms with Crippen molar-refractivity contribution in [2.45, 2.75) is 42.9 Å². The van der Waals surface area contributed by atoms with Crippen LogP contribution in [0, 0.1) is 29.6 Å². The number of nitrogens with zero attached hydrogens (tertiary/aromatic N) is 1. The Hall–Kier alpha value is -1.61. The molecule has 0 spiro atoms. The third-order valence-corrected chi connectivity index (χ3v) is 9.88. The number of likely N-dealkylation sites (tertiary alicyclic amines) is 1. The first-order valence-electron chi connectivity index (χ1n) is 9.66. The molecule has 2 bridgehead atoms. The fourth-order valence-electron chi connectivity index (χ4n) is 6.21. The van der Waals surface area contributed by atoms with Gasteiger partial charge >= 0.3 is 10.8 Å². The summed E-state index contributed by atoms with van der Waals surface area (Å²) in [5.74, 6) is -1.22. The molecule has 1 aromatic heterocycles. The SMILES string of the molecule is CCOC(=O)CN1C(=O)[C@H]2[C@@H]3C[C@@H]([C@@H]2C1=O)[C@@H]1[C@@H]3Sc2[nH]c(=O)sc2C1(C)C. The van der Waals surface area contributed by atoms with Crippen LogP contribution < -0.4 is 4.87 Å². The number of nitrogens with one attached hydrogen (secondary N) is 1. The maximum absolute atomic E-state index is 13.1. The van der Waals surface area contributed by atoms with E-state index < -0.39 is 5.97 Å². The predicted molar refractivity (Wildman–Crippen MR) is 103 cm³/mol. The quantitative estimate of drug-likeness (QED) is 0.587. The largest absolute Gasteiger partial charge is 0.465 e. The van der Waals surface area contributed by atoms with Gasteiger partial charge in [-0.3, -0.25) is 24.1 Å². The number of hydrogen-bond donors (Lipinski definition) is 1. The second-order valence-corrected chi connectivity index (χ2v) is 10.9. The van der Waals surface area contributed by atoms with E-state index in [1.165, 1.54) is 11.3 Å². The number of aromatic amines is 1. The van der Waals surface area contributed by atoms with E-state index in [-0.39, 0.29) is 70.1 Å². The molecule has 3 heterocycles. The Balaban J connectivity index is 1.49. The number of thioether (sulfide) groups is 1. The summed E-state index contributed by atoms with van der Waals surface area (Å²) in [6.45, 7) is 5.95. The Morgan fingerprint density at radius 1 is 1.21 bits per heavy atom. The van der Waals surface area contributed by atoms with Gasteiger partial charge in [-0.1, -0.05) is 25.2 Å². The Morgan fingerprint density at radius 2 is 1.89 bits per heavy atom. The third-order valence-electron chi connectivity index (χ3n) is 7.07. The summed E-state index contributed by atoms with van der Waals surface area (Å²) >= 11 is 2.93. The summed E-state index contributed by atoms with van der Waals surface area (Å²) in [7, 11) is 0. The summed E-state index contributed by atoms with van der Waals surface area (Å²) in [6, 6.07) is 0. The van der Waals surface area contributed by atoms with Crippen LogP contribution in [0.25, 0.3) is 0 Å². The molecule has 2 aliphatic carbocycles. The monoisotopic (exact) mass is 422 g/mol. The number of rotatable bonds is 3. The zero-order chi connectivity index (χ0) is 20.0. The van der Waals surface area contributed by atoms with E-state index in [0.717, 1.165) is 21.2 Å². The standard InChI is InChI=1S/C19H22N2O5S2/c1-4-26-9(22)6-21-16(23)10-7-5-8(11(10)17(21)24)13-12(7)19(2,3)14-15(27-13)20-18(25)28-14/h7-8,10-13H,4-6H2,1-3H3,(H,20,25)/t7-,8-,10-,11-,12+,13+/m0/s1. The molecule has 0 radical (unpaired) electrons. The van der Waals surface area contributed by atoms with Crippen molar-refractivity contribution >= 4 is 40.9 Å². The molecule has 0 aromatic carbocycles. The number of carbonyl (C=O) groups is 3. The molecule has 150 valence electrons. The van der Waals surface area contributed by atoms with Crippen LogP contribution >= 0.6 is 23.1 Å². The molecule has 2 amide bonds. The van der Waals surface area contributed by atoms with Gasteiger partial charge in [-0.25, -0.2) is 0 Å². The van der Waals surface area contributed by atoms with Crippen LogP contribution in [0.4, 0.5) is 0 Å². The van der Waals surface area contributed by atoms with Crippen molar-refractivity contribution in [2.24, 2.45) is 29.6 Å². The maximum atomic E-state index is 13.1. The zero-order valence-corrected chi connectivity index (χ0v) is 17.5. The van der Waals surface area contributed by atoms with E-state index >= 15 is 0 Å². The summed E-state index contributed by atoms with van der Waals surface area (Å²) in [4.78, 5) is 55.1. The molecule has 7 nitrogen and oxygen atoms in total. The van der Waals surface area contributed by atoms with Gasteiger partial charge in [-0.15, -0.1) is 11.8 Å². The molecule has 2 aliphatic heterocycles. The number of ether oxygens (including phenoxy) is 1. The summed E-state index contributed by atoms with van der Waals surface area (Å²) in [6.07, 6.45) is 0.866. The second kappa shape index (κ2) is 5.95. The van der Waals surface area contributed by atoms with E-state index in [2.05, 4.69) is 18.8 Å². The molecular weight excluding hydrogens is 400 g/mol. The number of thiazole rings is 1.